The van der Waals surface area contributed by atoms with Crippen molar-refractivity contribution in [2.75, 3.05) is 26.2 Å². The van der Waals surface area contributed by atoms with E-state index in [0.29, 0.717) is 68.7 Å². The minimum Gasteiger partial charge on any atom is -0.540 e. The molecule has 2 aromatic carbocycles. The van der Waals surface area contributed by atoms with Gasteiger partial charge in [-0.25, -0.2) is 4.79 Å². The molecule has 4 atom stereocenters. The number of piperidine rings is 2. The maximum absolute atomic E-state index is 14.5. The first-order valence-electron chi connectivity index (χ1n) is 24.5. The summed E-state index contributed by atoms with van der Waals surface area (Å²) in [5, 5.41) is 0. The molecule has 0 N–H and O–H groups in total. The summed E-state index contributed by atoms with van der Waals surface area (Å²) in [5.74, 6) is 3.71. The molecule has 6 rings (SSSR count). The summed E-state index contributed by atoms with van der Waals surface area (Å²) in [4.78, 5) is 20.0. The van der Waals surface area contributed by atoms with Crippen LogP contribution in [0.3, 0.4) is 0 Å². The molecule has 60 heavy (non-hydrogen) atoms. The van der Waals surface area contributed by atoms with E-state index in [-0.39, 0.29) is 0 Å². The van der Waals surface area contributed by atoms with E-state index in [2.05, 4.69) is 119 Å². The summed E-state index contributed by atoms with van der Waals surface area (Å²) in [6.45, 7) is 37.3. The van der Waals surface area contributed by atoms with E-state index in [1.165, 1.54) is 73.9 Å². The number of benzene rings is 2. The Bertz CT molecular complexity index is 1600. The van der Waals surface area contributed by atoms with Gasteiger partial charge in [0, 0.05) is 23.2 Å². The van der Waals surface area contributed by atoms with Crippen molar-refractivity contribution in [3.8, 4) is 23.0 Å². The highest BCUT2D eigenvalue weighted by molar-refractivity contribution is 6.78. The van der Waals surface area contributed by atoms with Gasteiger partial charge >= 0.3 is 6.16 Å². The largest absolute Gasteiger partial charge is 0.540 e. The summed E-state index contributed by atoms with van der Waals surface area (Å²) in [6.07, 6.45) is 10.5. The summed E-state index contributed by atoms with van der Waals surface area (Å²) < 4.78 is 28.2. The van der Waals surface area contributed by atoms with E-state index >= 15 is 0 Å². The molecule has 2 aromatic rings. The van der Waals surface area contributed by atoms with Crippen LogP contribution < -0.4 is 18.3 Å². The normalized spacial score (nSPS) is 22.6. The fraction of sp³-hybridized carbons (Fsp3) is 0.745. The summed E-state index contributed by atoms with van der Waals surface area (Å²) in [5.41, 5.74) is 7.43. The van der Waals surface area contributed by atoms with Gasteiger partial charge in [-0.05, 0) is 159 Å². The Labute approximate surface area is 368 Å². The highest BCUT2D eigenvalue weighted by Crippen LogP contribution is 2.51. The summed E-state index contributed by atoms with van der Waals surface area (Å²) >= 11 is 0. The van der Waals surface area contributed by atoms with Crippen LogP contribution in [0.5, 0.6) is 23.0 Å². The van der Waals surface area contributed by atoms with Crippen molar-refractivity contribution in [2.45, 2.75) is 206 Å². The van der Waals surface area contributed by atoms with E-state index in [1.807, 2.05) is 12.1 Å². The molecule has 2 fully saturated rings. The summed E-state index contributed by atoms with van der Waals surface area (Å²) in [6, 6.07) is 9.55. The molecule has 4 aliphatic rings. The monoisotopic (exact) mass is 861 g/mol. The van der Waals surface area contributed by atoms with Gasteiger partial charge in [0.2, 0.25) is 0 Å². The molecule has 0 radical (unpaired) electrons. The summed E-state index contributed by atoms with van der Waals surface area (Å²) in [7, 11) is -4.85. The van der Waals surface area contributed by atoms with Crippen molar-refractivity contribution in [1.29, 1.82) is 0 Å². The number of ether oxygens (including phenoxy) is 2. The number of carbonyl (C=O) groups is 1. The molecule has 0 spiro atoms. The molecule has 0 amide bonds. The van der Waals surface area contributed by atoms with E-state index in [4.69, 9.17) is 18.3 Å². The second-order valence-corrected chi connectivity index (χ2v) is 31.9. The Kier molecular flexibility index (Phi) is 15.4. The van der Waals surface area contributed by atoms with Crippen LogP contribution in [0, 0.1) is 11.8 Å². The third-order valence-corrected chi connectivity index (χ3v) is 27.8. The average Bonchev–Trinajstić information content (AvgIpc) is 3.18. The fourth-order valence-corrected chi connectivity index (χ4v) is 23.9. The topological polar surface area (TPSA) is 60.5 Å². The minimum absolute atomic E-state index is 0.375. The Hall–Kier alpha value is -2.34. The van der Waals surface area contributed by atoms with Gasteiger partial charge in [0.15, 0.2) is 23.0 Å². The minimum atomic E-state index is -2.42. The Morgan fingerprint density at radius 3 is 1.23 bits per heavy atom. The first kappa shape index (κ1) is 47.1. The molecule has 0 unspecified atom stereocenters. The van der Waals surface area contributed by atoms with Crippen molar-refractivity contribution in [3.63, 3.8) is 0 Å². The zero-order chi connectivity index (χ0) is 43.7. The van der Waals surface area contributed by atoms with Crippen LogP contribution in [-0.4, -0.2) is 70.9 Å². The Morgan fingerprint density at radius 1 is 0.567 bits per heavy atom. The Balaban J connectivity index is 1.41. The molecular weight excluding hydrogens is 777 g/mol. The van der Waals surface area contributed by atoms with E-state index in [1.54, 1.807) is 0 Å². The molecule has 0 saturated carbocycles. The van der Waals surface area contributed by atoms with Gasteiger partial charge in [-0.1, -0.05) is 109 Å². The highest BCUT2D eigenvalue weighted by Gasteiger charge is 2.50. The molecule has 0 bridgehead atoms. The second kappa shape index (κ2) is 19.6. The van der Waals surface area contributed by atoms with Crippen molar-refractivity contribution in [1.82, 2.24) is 9.80 Å². The van der Waals surface area contributed by atoms with Crippen LogP contribution >= 0.6 is 0 Å². The lowest BCUT2D eigenvalue weighted by Crippen LogP contribution is -2.52. The number of fused-ring (bicyclic) bond motifs is 4. The first-order valence-corrected chi connectivity index (χ1v) is 28.8. The molecule has 2 aliphatic carbocycles. The number of hydrogen-bond donors (Lipinski definition) is 0. The van der Waals surface area contributed by atoms with Crippen LogP contribution in [-0.2, 0) is 25.7 Å². The van der Waals surface area contributed by atoms with Crippen LogP contribution in [0.2, 0.25) is 33.2 Å². The van der Waals surface area contributed by atoms with Gasteiger partial charge in [0.1, 0.15) is 0 Å². The van der Waals surface area contributed by atoms with Crippen LogP contribution in [0.1, 0.15) is 158 Å². The smallest absolute Gasteiger partial charge is 0.519 e. The molecule has 9 heteroatoms. The maximum Gasteiger partial charge on any atom is 0.519 e. The quantitative estimate of drug-likeness (QED) is 0.0946. The Morgan fingerprint density at radius 2 is 0.917 bits per heavy atom. The van der Waals surface area contributed by atoms with Gasteiger partial charge in [-0.3, -0.25) is 9.80 Å². The second-order valence-electron chi connectivity index (χ2n) is 21.2. The van der Waals surface area contributed by atoms with Crippen LogP contribution in [0.4, 0.5) is 4.79 Å². The molecule has 2 aliphatic heterocycles. The zero-order valence-corrected chi connectivity index (χ0v) is 42.4. The van der Waals surface area contributed by atoms with E-state index in [9.17, 15) is 4.79 Å². The molecular formula is C51H84N2O5Si2. The number of nitrogens with zero attached hydrogens (tertiary/aromatic N) is 2. The number of carbonyl (C=O) groups excluding carboxylic acids is 1. The van der Waals surface area contributed by atoms with Gasteiger partial charge in [0.05, 0.1) is 0 Å². The molecule has 0 aromatic heterocycles. The van der Waals surface area contributed by atoms with Gasteiger partial charge in [0.25, 0.3) is 16.6 Å². The third kappa shape index (κ3) is 9.04. The van der Waals surface area contributed by atoms with E-state index < -0.39 is 22.8 Å². The van der Waals surface area contributed by atoms with Gasteiger partial charge in [-0.2, -0.15) is 0 Å². The lowest BCUT2D eigenvalue weighted by molar-refractivity contribution is 0.0848. The number of likely N-dealkylation sites (tertiary alicyclic amines) is 2. The molecule has 336 valence electrons. The van der Waals surface area contributed by atoms with Crippen LogP contribution in [0.15, 0.2) is 24.3 Å². The zero-order valence-electron chi connectivity index (χ0n) is 40.4. The van der Waals surface area contributed by atoms with Crippen molar-refractivity contribution >= 4 is 22.8 Å². The molecule has 7 nitrogen and oxygen atoms in total. The molecule has 2 heterocycles. The number of rotatable bonds is 16. The number of hydrogen-bond acceptors (Lipinski definition) is 7. The van der Waals surface area contributed by atoms with Crippen molar-refractivity contribution in [2.24, 2.45) is 11.8 Å². The standard InChI is InChI=1S/C51H84N2O5Si2/c1-15-25-52-27-17-19-41-29-43-39(31-45(41)52)21-23-47(49(43)57-59(33(3)4,34(5)6)35(7)8)55-51(54)56-48-24-22-40-32-46-42(20-18-28-53(46)26-16-2)30-44(40)50(48)58-60(36(9)10,37(11)12)38(13)14/h21-24,33-38,41-42,45-46H,15-20,25-32H2,1-14H3/t41-,42-,45-,46-/m1/s1. The predicted octanol–water partition coefficient (Wildman–Crippen LogP) is 13.6. The fourth-order valence-electron chi connectivity index (χ4n) is 13.4. The lowest BCUT2D eigenvalue weighted by Gasteiger charge is -2.47. The first-order chi connectivity index (χ1) is 28.5. The SMILES string of the molecule is CCCN1CCC[C@@H]2Cc3c(ccc(OC(=O)Oc4ccc5c(c4O[Si](C(C)C)(C(C)C)C(C)C)C[C@H]4CCCN(CCC)[C@@H]4C5)c3O[Si](C(C)C)(C(C)C)C(C)C)C[C@H]21. The average molecular weight is 861 g/mol. The predicted molar refractivity (Wildman–Crippen MR) is 254 cm³/mol. The molecule has 2 saturated heterocycles. The third-order valence-electron chi connectivity index (χ3n) is 15.9. The van der Waals surface area contributed by atoms with Crippen LogP contribution in [0.25, 0.3) is 0 Å². The van der Waals surface area contributed by atoms with Crippen molar-refractivity contribution < 1.29 is 23.1 Å². The van der Waals surface area contributed by atoms with Gasteiger partial charge < -0.3 is 18.3 Å². The van der Waals surface area contributed by atoms with Gasteiger partial charge in [-0.15, -0.1) is 0 Å². The van der Waals surface area contributed by atoms with Crippen molar-refractivity contribution in [3.05, 3.63) is 46.5 Å². The lowest BCUT2D eigenvalue weighted by atomic mass is 9.75. The highest BCUT2D eigenvalue weighted by atomic mass is 28.4. The maximum atomic E-state index is 14.5. The van der Waals surface area contributed by atoms with E-state index in [0.717, 1.165) is 50.3 Å².